The van der Waals surface area contributed by atoms with Crippen LogP contribution in [0.1, 0.15) is 5.56 Å². The molecule has 0 spiro atoms. The molecule has 1 amide bonds. The van der Waals surface area contributed by atoms with E-state index in [2.05, 4.69) is 10.3 Å². The highest BCUT2D eigenvalue weighted by molar-refractivity contribution is 6.32. The topological polar surface area (TPSA) is 51.2 Å². The third kappa shape index (κ3) is 4.11. The van der Waals surface area contributed by atoms with E-state index >= 15 is 0 Å². The molecule has 104 valence electrons. The van der Waals surface area contributed by atoms with Gasteiger partial charge in [-0.05, 0) is 42.8 Å². The number of carbonyl (C=O) groups is 1. The minimum absolute atomic E-state index is 0.119. The van der Waals surface area contributed by atoms with Crippen LogP contribution in [0.4, 0.5) is 5.69 Å². The highest BCUT2D eigenvalue weighted by Gasteiger charge is 2.08. The van der Waals surface area contributed by atoms with Gasteiger partial charge in [0.25, 0.3) is 5.91 Å². The van der Waals surface area contributed by atoms with Crippen LogP contribution in [0, 0.1) is 6.92 Å². The van der Waals surface area contributed by atoms with Crippen molar-refractivity contribution in [3.8, 4) is 5.75 Å². The molecule has 0 bridgehead atoms. The summed E-state index contributed by atoms with van der Waals surface area (Å²) in [7, 11) is 0. The molecule has 1 aromatic carbocycles. The molecule has 0 radical (unpaired) electrons. The Hall–Kier alpha value is -1.78. The number of hydrogen-bond acceptors (Lipinski definition) is 3. The van der Waals surface area contributed by atoms with Crippen molar-refractivity contribution in [2.75, 3.05) is 11.9 Å². The fraction of sp³-hybridized carbons (Fsp3) is 0.143. The van der Waals surface area contributed by atoms with Gasteiger partial charge >= 0.3 is 0 Å². The molecule has 20 heavy (non-hydrogen) atoms. The standard InChI is InChI=1S/C14H12Cl2N2O2/c1-9-6-12(14(16)17-7-9)18-13(19)8-20-11-4-2-10(15)3-5-11/h2-7H,8H2,1H3,(H,18,19). The normalized spacial score (nSPS) is 10.2. The van der Waals surface area contributed by atoms with Crippen molar-refractivity contribution in [1.82, 2.24) is 4.98 Å². The molecule has 0 unspecified atom stereocenters. The predicted molar refractivity (Wildman–Crippen MR) is 79.6 cm³/mol. The van der Waals surface area contributed by atoms with Gasteiger partial charge in [0, 0.05) is 11.2 Å². The summed E-state index contributed by atoms with van der Waals surface area (Å²) in [5, 5.41) is 3.50. The van der Waals surface area contributed by atoms with E-state index in [1.54, 1.807) is 36.5 Å². The smallest absolute Gasteiger partial charge is 0.262 e. The Morgan fingerprint density at radius 1 is 1.30 bits per heavy atom. The molecule has 0 saturated carbocycles. The number of hydrogen-bond donors (Lipinski definition) is 1. The lowest BCUT2D eigenvalue weighted by Crippen LogP contribution is -2.20. The number of nitrogens with one attached hydrogen (secondary N) is 1. The van der Waals surface area contributed by atoms with E-state index in [9.17, 15) is 4.79 Å². The first kappa shape index (κ1) is 14.6. The van der Waals surface area contributed by atoms with Crippen molar-refractivity contribution in [2.24, 2.45) is 0 Å². The molecule has 1 aromatic heterocycles. The number of carbonyl (C=O) groups excluding carboxylic acids is 1. The molecule has 0 fully saturated rings. The maximum absolute atomic E-state index is 11.8. The minimum atomic E-state index is -0.311. The molecular weight excluding hydrogens is 299 g/mol. The fourth-order valence-corrected chi connectivity index (χ4v) is 1.78. The molecule has 6 heteroatoms. The zero-order valence-electron chi connectivity index (χ0n) is 10.7. The highest BCUT2D eigenvalue weighted by atomic mass is 35.5. The zero-order valence-corrected chi connectivity index (χ0v) is 12.2. The van der Waals surface area contributed by atoms with Crippen LogP contribution in [0.2, 0.25) is 10.2 Å². The van der Waals surface area contributed by atoms with Gasteiger partial charge in [-0.3, -0.25) is 4.79 Å². The summed E-state index contributed by atoms with van der Waals surface area (Å²) in [4.78, 5) is 15.7. The number of pyridine rings is 1. The number of nitrogens with zero attached hydrogens (tertiary/aromatic N) is 1. The van der Waals surface area contributed by atoms with Crippen LogP contribution >= 0.6 is 23.2 Å². The summed E-state index contributed by atoms with van der Waals surface area (Å²) in [6.45, 7) is 1.75. The molecule has 1 heterocycles. The molecule has 1 N–H and O–H groups in total. The molecular formula is C14H12Cl2N2O2. The predicted octanol–water partition coefficient (Wildman–Crippen LogP) is 3.71. The van der Waals surface area contributed by atoms with Gasteiger partial charge < -0.3 is 10.1 Å². The summed E-state index contributed by atoms with van der Waals surface area (Å²) in [6.07, 6.45) is 1.63. The van der Waals surface area contributed by atoms with Crippen LogP contribution < -0.4 is 10.1 Å². The minimum Gasteiger partial charge on any atom is -0.484 e. The third-order valence-electron chi connectivity index (χ3n) is 2.43. The molecule has 2 rings (SSSR count). The highest BCUT2D eigenvalue weighted by Crippen LogP contribution is 2.20. The van der Waals surface area contributed by atoms with Crippen LogP contribution in [-0.4, -0.2) is 17.5 Å². The average Bonchev–Trinajstić information content (AvgIpc) is 2.42. The summed E-state index contributed by atoms with van der Waals surface area (Å²) < 4.78 is 5.33. The lowest BCUT2D eigenvalue weighted by Gasteiger charge is -2.09. The number of amides is 1. The number of rotatable bonds is 4. The van der Waals surface area contributed by atoms with E-state index in [1.807, 2.05) is 6.92 Å². The van der Waals surface area contributed by atoms with Crippen molar-refractivity contribution < 1.29 is 9.53 Å². The Morgan fingerprint density at radius 2 is 2.00 bits per heavy atom. The average molecular weight is 311 g/mol. The van der Waals surface area contributed by atoms with Crippen molar-refractivity contribution in [3.05, 3.63) is 52.3 Å². The molecule has 4 nitrogen and oxygen atoms in total. The Labute approximate surface area is 126 Å². The number of benzene rings is 1. The second-order valence-corrected chi connectivity index (χ2v) is 4.94. The maximum Gasteiger partial charge on any atom is 0.262 e. The van der Waals surface area contributed by atoms with E-state index in [0.29, 0.717) is 16.5 Å². The van der Waals surface area contributed by atoms with Gasteiger partial charge in [0.2, 0.25) is 0 Å². The van der Waals surface area contributed by atoms with E-state index < -0.39 is 0 Å². The largest absolute Gasteiger partial charge is 0.484 e. The lowest BCUT2D eigenvalue weighted by atomic mass is 10.3. The SMILES string of the molecule is Cc1cnc(Cl)c(NC(=O)COc2ccc(Cl)cc2)c1. The maximum atomic E-state index is 11.8. The zero-order chi connectivity index (χ0) is 14.5. The molecule has 0 saturated heterocycles. The van der Waals surface area contributed by atoms with Gasteiger partial charge in [-0.15, -0.1) is 0 Å². The Balaban J connectivity index is 1.92. The van der Waals surface area contributed by atoms with E-state index in [-0.39, 0.29) is 17.7 Å². The summed E-state index contributed by atoms with van der Waals surface area (Å²) in [5.74, 6) is 0.257. The monoisotopic (exact) mass is 310 g/mol. The van der Waals surface area contributed by atoms with Crippen LogP contribution in [-0.2, 0) is 4.79 Å². The second kappa shape index (κ2) is 6.59. The molecule has 0 atom stereocenters. The first-order valence-electron chi connectivity index (χ1n) is 5.85. The second-order valence-electron chi connectivity index (χ2n) is 4.14. The Kier molecular flexibility index (Phi) is 4.82. The van der Waals surface area contributed by atoms with Crippen molar-refractivity contribution in [1.29, 1.82) is 0 Å². The summed E-state index contributed by atoms with van der Waals surface area (Å²) in [5.41, 5.74) is 1.37. The molecule has 0 aliphatic carbocycles. The number of ether oxygens (including phenoxy) is 1. The third-order valence-corrected chi connectivity index (χ3v) is 2.99. The molecule has 0 aliphatic rings. The van der Waals surface area contributed by atoms with Gasteiger partial charge in [0.15, 0.2) is 11.8 Å². The summed E-state index contributed by atoms with van der Waals surface area (Å²) >= 11 is 11.7. The van der Waals surface area contributed by atoms with Crippen LogP contribution in [0.15, 0.2) is 36.5 Å². The number of halogens is 2. The first-order chi connectivity index (χ1) is 9.54. The lowest BCUT2D eigenvalue weighted by molar-refractivity contribution is -0.118. The van der Waals surface area contributed by atoms with Gasteiger partial charge in [-0.2, -0.15) is 0 Å². The van der Waals surface area contributed by atoms with Gasteiger partial charge in [0.05, 0.1) is 5.69 Å². The van der Waals surface area contributed by atoms with Crippen molar-refractivity contribution >= 4 is 34.8 Å². The first-order valence-corrected chi connectivity index (χ1v) is 6.60. The molecule has 0 aliphatic heterocycles. The quantitative estimate of drug-likeness (QED) is 0.876. The van der Waals surface area contributed by atoms with Gasteiger partial charge in [-0.25, -0.2) is 4.98 Å². The summed E-state index contributed by atoms with van der Waals surface area (Å²) in [6, 6.07) is 8.51. The van der Waals surface area contributed by atoms with E-state index in [1.165, 1.54) is 0 Å². The van der Waals surface area contributed by atoms with Crippen molar-refractivity contribution in [3.63, 3.8) is 0 Å². The Bertz CT molecular complexity index is 615. The fourth-order valence-electron chi connectivity index (χ4n) is 1.51. The van der Waals surface area contributed by atoms with E-state index in [0.717, 1.165) is 5.56 Å². The number of anilines is 1. The Morgan fingerprint density at radius 3 is 2.70 bits per heavy atom. The molecule has 2 aromatic rings. The number of aryl methyl sites for hydroxylation is 1. The van der Waals surface area contributed by atoms with Crippen LogP contribution in [0.3, 0.4) is 0 Å². The van der Waals surface area contributed by atoms with E-state index in [4.69, 9.17) is 27.9 Å². The van der Waals surface area contributed by atoms with Crippen LogP contribution in [0.25, 0.3) is 0 Å². The van der Waals surface area contributed by atoms with Crippen LogP contribution in [0.5, 0.6) is 5.75 Å². The van der Waals surface area contributed by atoms with Gasteiger partial charge in [0.1, 0.15) is 5.75 Å². The number of aromatic nitrogens is 1. The van der Waals surface area contributed by atoms with Crippen molar-refractivity contribution in [2.45, 2.75) is 6.92 Å². The van der Waals surface area contributed by atoms with Gasteiger partial charge in [-0.1, -0.05) is 23.2 Å².